The lowest BCUT2D eigenvalue weighted by atomic mass is 10.4. The Morgan fingerprint density at radius 1 is 1.62 bits per heavy atom. The normalized spacial score (nSPS) is 10.8. The molecule has 0 aromatic carbocycles. The number of rotatable bonds is 5. The van der Waals surface area contributed by atoms with Crippen molar-refractivity contribution in [1.82, 2.24) is 19.9 Å². The van der Waals surface area contributed by atoms with Gasteiger partial charge >= 0.3 is 4.87 Å². The van der Waals surface area contributed by atoms with Crippen LogP contribution in [0, 0.1) is 6.92 Å². The van der Waals surface area contributed by atoms with Crippen LogP contribution in [0.1, 0.15) is 11.5 Å². The van der Waals surface area contributed by atoms with E-state index in [2.05, 4.69) is 19.9 Å². The van der Waals surface area contributed by atoms with E-state index in [9.17, 15) is 4.79 Å². The number of hydrogen-bond donors (Lipinski definition) is 2. The summed E-state index contributed by atoms with van der Waals surface area (Å²) in [5, 5.41) is 5.11. The van der Waals surface area contributed by atoms with Gasteiger partial charge < -0.3 is 14.9 Å². The second kappa shape index (κ2) is 5.09. The third-order valence-electron chi connectivity index (χ3n) is 2.34. The standard InChI is InChI=1S/C10H14N4OS/c1-8-12-3-5-14(8)4-2-11-6-9-7-16-10(15)13-9/h3,5,7,11H,2,4,6H2,1H3,(H,13,15). The van der Waals surface area contributed by atoms with Crippen molar-refractivity contribution in [2.75, 3.05) is 6.54 Å². The Hall–Kier alpha value is -1.40. The quantitative estimate of drug-likeness (QED) is 0.755. The molecular weight excluding hydrogens is 224 g/mol. The van der Waals surface area contributed by atoms with Crippen LogP contribution in [0.5, 0.6) is 0 Å². The molecule has 16 heavy (non-hydrogen) atoms. The third kappa shape index (κ3) is 2.80. The van der Waals surface area contributed by atoms with Gasteiger partial charge in [-0.05, 0) is 6.92 Å². The zero-order valence-electron chi connectivity index (χ0n) is 9.06. The number of imidazole rings is 1. The monoisotopic (exact) mass is 238 g/mol. The van der Waals surface area contributed by atoms with Gasteiger partial charge in [-0.2, -0.15) is 0 Å². The van der Waals surface area contributed by atoms with Crippen LogP contribution in [0.25, 0.3) is 0 Å². The van der Waals surface area contributed by atoms with Crippen LogP contribution < -0.4 is 10.2 Å². The molecule has 0 unspecified atom stereocenters. The summed E-state index contributed by atoms with van der Waals surface area (Å²) >= 11 is 1.20. The Labute approximate surface area is 97.2 Å². The van der Waals surface area contributed by atoms with Crippen LogP contribution >= 0.6 is 11.3 Å². The maximum absolute atomic E-state index is 10.9. The second-order valence-corrected chi connectivity index (χ2v) is 4.36. The first-order valence-electron chi connectivity index (χ1n) is 5.11. The maximum Gasteiger partial charge on any atom is 0.304 e. The highest BCUT2D eigenvalue weighted by molar-refractivity contribution is 7.07. The fourth-order valence-corrected chi connectivity index (χ4v) is 2.04. The van der Waals surface area contributed by atoms with Gasteiger partial charge in [-0.25, -0.2) is 4.98 Å². The van der Waals surface area contributed by atoms with Crippen molar-refractivity contribution in [2.24, 2.45) is 0 Å². The molecule has 2 rings (SSSR count). The van der Waals surface area contributed by atoms with E-state index in [4.69, 9.17) is 0 Å². The Morgan fingerprint density at radius 3 is 3.12 bits per heavy atom. The van der Waals surface area contributed by atoms with Crippen molar-refractivity contribution >= 4 is 11.3 Å². The third-order valence-corrected chi connectivity index (χ3v) is 3.06. The van der Waals surface area contributed by atoms with Gasteiger partial charge in [0, 0.05) is 43.1 Å². The molecule has 0 saturated heterocycles. The number of H-pyrrole nitrogens is 1. The van der Waals surface area contributed by atoms with E-state index in [0.29, 0.717) is 6.54 Å². The molecule has 6 heteroatoms. The van der Waals surface area contributed by atoms with Gasteiger partial charge in [0.15, 0.2) is 0 Å². The molecule has 0 spiro atoms. The lowest BCUT2D eigenvalue weighted by Gasteiger charge is -2.05. The lowest BCUT2D eigenvalue weighted by Crippen LogP contribution is -2.20. The summed E-state index contributed by atoms with van der Waals surface area (Å²) in [5.74, 6) is 1.02. The summed E-state index contributed by atoms with van der Waals surface area (Å²) in [6.45, 7) is 4.43. The highest BCUT2D eigenvalue weighted by Gasteiger charge is 1.97. The van der Waals surface area contributed by atoms with E-state index in [0.717, 1.165) is 24.6 Å². The van der Waals surface area contributed by atoms with E-state index in [1.165, 1.54) is 11.3 Å². The van der Waals surface area contributed by atoms with Crippen LogP contribution in [-0.4, -0.2) is 21.1 Å². The lowest BCUT2D eigenvalue weighted by molar-refractivity contribution is 0.583. The van der Waals surface area contributed by atoms with Crippen molar-refractivity contribution in [2.45, 2.75) is 20.0 Å². The summed E-state index contributed by atoms with van der Waals surface area (Å²) in [4.78, 5) is 17.8. The van der Waals surface area contributed by atoms with Crippen molar-refractivity contribution in [3.63, 3.8) is 0 Å². The molecule has 0 aliphatic carbocycles. The number of hydrogen-bond acceptors (Lipinski definition) is 4. The molecule has 2 N–H and O–H groups in total. The smallest absolute Gasteiger partial charge is 0.304 e. The molecule has 0 aliphatic rings. The molecule has 86 valence electrons. The highest BCUT2D eigenvalue weighted by Crippen LogP contribution is 1.96. The average Bonchev–Trinajstić information content (AvgIpc) is 2.83. The van der Waals surface area contributed by atoms with E-state index in [1.54, 1.807) is 6.20 Å². The Kier molecular flexibility index (Phi) is 3.53. The minimum absolute atomic E-state index is 0.00209. The SMILES string of the molecule is Cc1nccn1CCNCc1csc(=O)[nH]1. The Bertz CT molecular complexity index is 499. The van der Waals surface area contributed by atoms with Gasteiger partial charge in [-0.1, -0.05) is 11.3 Å². The minimum atomic E-state index is 0.00209. The molecule has 0 radical (unpaired) electrons. The number of nitrogens with zero attached hydrogens (tertiary/aromatic N) is 2. The zero-order chi connectivity index (χ0) is 11.4. The predicted molar refractivity (Wildman–Crippen MR) is 63.6 cm³/mol. The number of aryl methyl sites for hydroxylation is 1. The van der Waals surface area contributed by atoms with Gasteiger partial charge in [0.25, 0.3) is 0 Å². The summed E-state index contributed by atoms with van der Waals surface area (Å²) in [6.07, 6.45) is 3.76. The molecule has 0 amide bonds. The largest absolute Gasteiger partial charge is 0.334 e. The first kappa shape index (κ1) is 11.1. The van der Waals surface area contributed by atoms with Crippen molar-refractivity contribution < 1.29 is 0 Å². The summed E-state index contributed by atoms with van der Waals surface area (Å²) in [5.41, 5.74) is 0.942. The fourth-order valence-electron chi connectivity index (χ4n) is 1.46. The van der Waals surface area contributed by atoms with Crippen molar-refractivity contribution in [3.05, 3.63) is 39.0 Å². The van der Waals surface area contributed by atoms with Crippen LogP contribution in [0.2, 0.25) is 0 Å². The summed E-state index contributed by atoms with van der Waals surface area (Å²) in [6, 6.07) is 0. The number of nitrogens with one attached hydrogen (secondary N) is 2. The van der Waals surface area contributed by atoms with E-state index < -0.39 is 0 Å². The minimum Gasteiger partial charge on any atom is -0.334 e. The number of aromatic nitrogens is 3. The van der Waals surface area contributed by atoms with Crippen molar-refractivity contribution in [1.29, 1.82) is 0 Å². The van der Waals surface area contributed by atoms with Crippen LogP contribution in [0.3, 0.4) is 0 Å². The van der Waals surface area contributed by atoms with E-state index in [-0.39, 0.29) is 4.87 Å². The first-order valence-corrected chi connectivity index (χ1v) is 5.99. The number of aromatic amines is 1. The molecule has 0 atom stereocenters. The highest BCUT2D eigenvalue weighted by atomic mass is 32.1. The molecular formula is C10H14N4OS. The van der Waals surface area contributed by atoms with Gasteiger partial charge in [0.1, 0.15) is 5.82 Å². The first-order chi connectivity index (χ1) is 7.75. The predicted octanol–water partition coefficient (Wildman–Crippen LogP) is 0.731. The zero-order valence-corrected chi connectivity index (χ0v) is 9.88. The van der Waals surface area contributed by atoms with Crippen LogP contribution in [0.15, 0.2) is 22.6 Å². The molecule has 0 fully saturated rings. The molecule has 0 aliphatic heterocycles. The van der Waals surface area contributed by atoms with Gasteiger partial charge in [-0.3, -0.25) is 4.79 Å². The molecule has 2 aromatic heterocycles. The topological polar surface area (TPSA) is 62.7 Å². The molecule has 2 aromatic rings. The summed E-state index contributed by atoms with van der Waals surface area (Å²) < 4.78 is 2.09. The van der Waals surface area contributed by atoms with Crippen LogP contribution in [-0.2, 0) is 13.1 Å². The maximum atomic E-state index is 10.9. The fraction of sp³-hybridized carbons (Fsp3) is 0.400. The Balaban J connectivity index is 1.73. The van der Waals surface area contributed by atoms with Crippen molar-refractivity contribution in [3.8, 4) is 0 Å². The molecule has 0 bridgehead atoms. The Morgan fingerprint density at radius 2 is 2.50 bits per heavy atom. The van der Waals surface area contributed by atoms with Gasteiger partial charge in [0.2, 0.25) is 0 Å². The number of thiazole rings is 1. The van der Waals surface area contributed by atoms with E-state index >= 15 is 0 Å². The van der Waals surface area contributed by atoms with E-state index in [1.807, 2.05) is 18.5 Å². The van der Waals surface area contributed by atoms with Gasteiger partial charge in [0.05, 0.1) is 0 Å². The molecule has 2 heterocycles. The van der Waals surface area contributed by atoms with Gasteiger partial charge in [-0.15, -0.1) is 0 Å². The average molecular weight is 238 g/mol. The van der Waals surface area contributed by atoms with Crippen LogP contribution in [0.4, 0.5) is 0 Å². The molecule has 5 nitrogen and oxygen atoms in total. The summed E-state index contributed by atoms with van der Waals surface area (Å²) in [7, 11) is 0. The molecule has 0 saturated carbocycles. The second-order valence-electron chi connectivity index (χ2n) is 3.52.